The van der Waals surface area contributed by atoms with Crippen LogP contribution in [0.4, 0.5) is 0 Å². The Morgan fingerprint density at radius 1 is 0.556 bits per heavy atom. The lowest BCUT2D eigenvalue weighted by Gasteiger charge is -2.25. The van der Waals surface area contributed by atoms with Crippen LogP contribution in [0.15, 0.2) is 140 Å². The van der Waals surface area contributed by atoms with Gasteiger partial charge < -0.3 is 0 Å². The minimum absolute atomic E-state index is 0.309. The fourth-order valence-corrected chi connectivity index (χ4v) is 9.79. The summed E-state index contributed by atoms with van der Waals surface area (Å²) in [6.07, 6.45) is 1.81. The highest BCUT2D eigenvalue weighted by molar-refractivity contribution is 6.21. The Kier molecular flexibility index (Phi) is 5.88. The van der Waals surface area contributed by atoms with Crippen molar-refractivity contribution >= 4 is 54.0 Å². The zero-order chi connectivity index (χ0) is 35.7. The maximum absolute atomic E-state index is 5.79. The van der Waals surface area contributed by atoms with Crippen molar-refractivity contribution in [2.45, 2.75) is 32.1 Å². The number of aromatic nitrogens is 3. The van der Waals surface area contributed by atoms with Crippen LogP contribution in [0.25, 0.3) is 93.5 Å². The molecule has 2 aliphatic carbocycles. The summed E-state index contributed by atoms with van der Waals surface area (Å²) >= 11 is 0. The van der Waals surface area contributed by atoms with Gasteiger partial charge in [0.15, 0.2) is 5.82 Å². The van der Waals surface area contributed by atoms with Gasteiger partial charge in [-0.1, -0.05) is 153 Å². The summed E-state index contributed by atoms with van der Waals surface area (Å²) in [4.78, 5) is 11.5. The van der Waals surface area contributed by atoms with E-state index in [2.05, 4.69) is 170 Å². The maximum atomic E-state index is 5.79. The smallest absolute Gasteiger partial charge is 0.165 e. The predicted molar refractivity (Wildman–Crippen MR) is 222 cm³/mol. The van der Waals surface area contributed by atoms with E-state index < -0.39 is 0 Å². The third kappa shape index (κ3) is 3.87. The number of hydrogen-bond acceptors (Lipinski definition) is 2. The summed E-state index contributed by atoms with van der Waals surface area (Å²) in [5.74, 6) is 0.845. The molecule has 0 unspecified atom stereocenters. The second-order valence-corrected chi connectivity index (χ2v) is 15.4. The lowest BCUT2D eigenvalue weighted by molar-refractivity contribution is 0.635. The van der Waals surface area contributed by atoms with E-state index in [-0.39, 0.29) is 5.41 Å². The molecule has 0 amide bonds. The molecule has 0 fully saturated rings. The van der Waals surface area contributed by atoms with Crippen LogP contribution in [0.3, 0.4) is 0 Å². The van der Waals surface area contributed by atoms with Crippen molar-refractivity contribution in [3.05, 3.63) is 174 Å². The summed E-state index contributed by atoms with van der Waals surface area (Å²) in [7, 11) is 0. The Bertz CT molecular complexity index is 3250. The fourth-order valence-electron chi connectivity index (χ4n) is 9.79. The van der Waals surface area contributed by atoms with Gasteiger partial charge >= 0.3 is 0 Å². The summed E-state index contributed by atoms with van der Waals surface area (Å²) in [5.41, 5.74) is 12.3. The molecule has 0 atom stereocenters. The van der Waals surface area contributed by atoms with Crippen LogP contribution in [-0.2, 0) is 18.3 Å². The molecule has 2 heterocycles. The van der Waals surface area contributed by atoms with Gasteiger partial charge in [-0.15, -0.1) is 0 Å². The van der Waals surface area contributed by atoms with Crippen LogP contribution in [0.2, 0.25) is 0 Å². The summed E-state index contributed by atoms with van der Waals surface area (Å²) in [5, 5.41) is 11.1. The first-order chi connectivity index (χ1) is 26.6. The molecule has 0 aliphatic heterocycles. The lowest BCUT2D eigenvalue weighted by atomic mass is 9.81. The normalized spacial score (nSPS) is 14.0. The largest absolute Gasteiger partial charge is 0.295 e. The van der Waals surface area contributed by atoms with Crippen molar-refractivity contribution in [3.8, 4) is 39.5 Å². The molecule has 2 aromatic heterocycles. The van der Waals surface area contributed by atoms with Crippen LogP contribution < -0.4 is 0 Å². The Labute approximate surface area is 313 Å². The predicted octanol–water partition coefficient (Wildman–Crippen LogP) is 12.4. The molecule has 0 saturated carbocycles. The topological polar surface area (TPSA) is 30.7 Å². The SMILES string of the molecule is CC1(C)c2ccccc2-c2nc(-n3c4c(c5ccc6ccccc6c53)-c3c(c5ccccc5c5ccccc35)CC4)c(-c3c#cc4ccccc4c3)nc21. The van der Waals surface area contributed by atoms with Crippen LogP contribution in [0.1, 0.15) is 36.4 Å². The first-order valence-corrected chi connectivity index (χ1v) is 18.9. The van der Waals surface area contributed by atoms with Gasteiger partial charge in [0, 0.05) is 38.4 Å². The van der Waals surface area contributed by atoms with E-state index in [4.69, 9.17) is 9.97 Å². The van der Waals surface area contributed by atoms with Crippen LogP contribution in [-0.4, -0.2) is 14.5 Å². The summed E-state index contributed by atoms with van der Waals surface area (Å²) in [6, 6.07) is 57.7. The molecule has 3 nitrogen and oxygen atoms in total. The first-order valence-electron chi connectivity index (χ1n) is 18.9. The van der Waals surface area contributed by atoms with Crippen molar-refractivity contribution in [3.63, 3.8) is 0 Å². The highest BCUT2D eigenvalue weighted by Gasteiger charge is 2.40. The minimum atomic E-state index is -0.309. The van der Waals surface area contributed by atoms with E-state index in [1.165, 1.54) is 71.2 Å². The maximum Gasteiger partial charge on any atom is 0.165 e. The molecule has 0 radical (unpaired) electrons. The summed E-state index contributed by atoms with van der Waals surface area (Å²) < 4.78 is 2.49. The standard InChI is InChI=1S/C51H33N3/c1-51(2)42-22-12-11-21-40(42)47-49(51)52-46(33-24-23-30-13-3-4-15-32(30)29-33)50(53-47)54-43-28-27-39-37-19-8-7-17-35(37)36-18-9-10-20-38(36)44(39)45(43)41-26-25-31-14-5-6-16-34(31)48(41)54/h3-22,25-26,29H,27-28H2,1-2H3. The Morgan fingerprint density at radius 3 is 2.09 bits per heavy atom. The van der Waals surface area contributed by atoms with E-state index in [0.29, 0.717) is 0 Å². The molecule has 2 aliphatic rings. The fraction of sp³-hybridized carbons (Fsp3) is 0.0980. The zero-order valence-electron chi connectivity index (χ0n) is 30.0. The number of rotatable bonds is 2. The third-order valence-electron chi connectivity index (χ3n) is 12.2. The highest BCUT2D eigenvalue weighted by Crippen LogP contribution is 2.52. The van der Waals surface area contributed by atoms with Crippen LogP contribution in [0, 0.1) is 12.1 Å². The molecule has 0 bridgehead atoms. The third-order valence-corrected chi connectivity index (χ3v) is 12.2. The van der Waals surface area contributed by atoms with Crippen LogP contribution in [0.5, 0.6) is 0 Å². The van der Waals surface area contributed by atoms with Gasteiger partial charge in [0.25, 0.3) is 0 Å². The van der Waals surface area contributed by atoms with Crippen molar-refractivity contribution < 1.29 is 0 Å². The number of benzene rings is 7. The molecule has 0 N–H and O–H groups in total. The molecule has 54 heavy (non-hydrogen) atoms. The second-order valence-electron chi connectivity index (χ2n) is 15.4. The molecule has 0 spiro atoms. The van der Waals surface area contributed by atoms with E-state index in [9.17, 15) is 0 Å². The van der Waals surface area contributed by atoms with Crippen LogP contribution >= 0.6 is 0 Å². The number of nitrogens with zero attached hydrogens (tertiary/aromatic N) is 3. The van der Waals surface area contributed by atoms with E-state index in [1.54, 1.807) is 0 Å². The summed E-state index contributed by atoms with van der Waals surface area (Å²) in [6.45, 7) is 4.55. The van der Waals surface area contributed by atoms with E-state index in [0.717, 1.165) is 57.6 Å². The molecule has 3 heteroatoms. The quantitative estimate of drug-likeness (QED) is 0.169. The van der Waals surface area contributed by atoms with Crippen molar-refractivity contribution in [2.75, 3.05) is 0 Å². The lowest BCUT2D eigenvalue weighted by Crippen LogP contribution is -2.19. The average molecular weight is 688 g/mol. The van der Waals surface area contributed by atoms with E-state index >= 15 is 0 Å². The van der Waals surface area contributed by atoms with Gasteiger partial charge in [-0.05, 0) is 74.0 Å². The molecule has 0 saturated heterocycles. The van der Waals surface area contributed by atoms with Gasteiger partial charge in [-0.2, -0.15) is 0 Å². The van der Waals surface area contributed by atoms with Crippen molar-refractivity contribution in [1.29, 1.82) is 0 Å². The van der Waals surface area contributed by atoms with Crippen molar-refractivity contribution in [2.24, 2.45) is 0 Å². The van der Waals surface area contributed by atoms with Crippen molar-refractivity contribution in [1.82, 2.24) is 14.5 Å². The minimum Gasteiger partial charge on any atom is -0.295 e. The van der Waals surface area contributed by atoms with Gasteiger partial charge in [-0.25, -0.2) is 9.97 Å². The molecule has 10 aromatic rings. The highest BCUT2D eigenvalue weighted by atomic mass is 15.1. The molecular formula is C51H33N3. The molecule has 252 valence electrons. The van der Waals surface area contributed by atoms with E-state index in [1.807, 2.05) is 0 Å². The average Bonchev–Trinajstić information content (AvgIpc) is 3.68. The number of fused-ring (bicyclic) bond motifs is 16. The Balaban J connectivity index is 1.27. The van der Waals surface area contributed by atoms with Gasteiger partial charge in [0.05, 0.1) is 22.5 Å². The molecule has 12 rings (SSSR count). The van der Waals surface area contributed by atoms with Gasteiger partial charge in [0.1, 0.15) is 5.69 Å². The first kappa shape index (κ1) is 29.8. The molecular weight excluding hydrogens is 655 g/mol. The van der Waals surface area contributed by atoms with Gasteiger partial charge in [0.2, 0.25) is 0 Å². The number of aryl methyl sites for hydroxylation is 1. The second kappa shape index (κ2) is 10.7. The monoisotopic (exact) mass is 687 g/mol. The molecule has 8 aromatic carbocycles. The Morgan fingerprint density at radius 2 is 1.24 bits per heavy atom. The van der Waals surface area contributed by atoms with Gasteiger partial charge in [-0.3, -0.25) is 4.57 Å². The zero-order valence-corrected chi connectivity index (χ0v) is 30.0. The Hall–Kier alpha value is -6.76. The number of hydrogen-bond donors (Lipinski definition) is 0.